The first-order valence-corrected chi connectivity index (χ1v) is 5.96. The lowest BCUT2D eigenvalue weighted by Crippen LogP contribution is -2.14. The Morgan fingerprint density at radius 1 is 1.11 bits per heavy atom. The summed E-state index contributed by atoms with van der Waals surface area (Å²) >= 11 is 5.67. The molecule has 0 radical (unpaired) electrons. The topological polar surface area (TPSA) is 21.3 Å². The molecule has 18 heavy (non-hydrogen) atoms. The zero-order valence-corrected chi connectivity index (χ0v) is 10.5. The van der Waals surface area contributed by atoms with E-state index in [1.54, 1.807) is 12.1 Å². The third-order valence-corrected chi connectivity index (χ3v) is 2.70. The standard InChI is InChI=1S/C14H13ClFNO/c15-13-7-6-12(14(16)8-13)9-17-18-10-11-4-2-1-3-5-11/h1-8,17H,9-10H2. The molecule has 94 valence electrons. The highest BCUT2D eigenvalue weighted by molar-refractivity contribution is 6.30. The van der Waals surface area contributed by atoms with Crippen LogP contribution >= 0.6 is 11.6 Å². The average Bonchev–Trinajstić information content (AvgIpc) is 2.38. The average molecular weight is 266 g/mol. The van der Waals surface area contributed by atoms with Crippen LogP contribution in [-0.2, 0) is 18.0 Å². The van der Waals surface area contributed by atoms with E-state index in [-0.39, 0.29) is 5.82 Å². The molecular formula is C14H13ClFNO. The Morgan fingerprint density at radius 2 is 1.89 bits per heavy atom. The van der Waals surface area contributed by atoms with E-state index in [1.807, 2.05) is 30.3 Å². The summed E-state index contributed by atoms with van der Waals surface area (Å²) in [4.78, 5) is 5.26. The number of nitrogens with one attached hydrogen (secondary N) is 1. The molecule has 0 amide bonds. The number of benzene rings is 2. The van der Waals surface area contributed by atoms with E-state index in [4.69, 9.17) is 16.4 Å². The molecule has 2 nitrogen and oxygen atoms in total. The first-order chi connectivity index (χ1) is 8.75. The molecule has 2 aromatic carbocycles. The fourth-order valence-electron chi connectivity index (χ4n) is 1.50. The summed E-state index contributed by atoms with van der Waals surface area (Å²) in [5.41, 5.74) is 4.31. The summed E-state index contributed by atoms with van der Waals surface area (Å²) in [7, 11) is 0. The number of hydrogen-bond acceptors (Lipinski definition) is 2. The van der Waals surface area contributed by atoms with Crippen LogP contribution < -0.4 is 5.48 Å². The van der Waals surface area contributed by atoms with E-state index in [9.17, 15) is 4.39 Å². The fourth-order valence-corrected chi connectivity index (χ4v) is 1.66. The van der Waals surface area contributed by atoms with Crippen LogP contribution in [0.2, 0.25) is 5.02 Å². The lowest BCUT2D eigenvalue weighted by Gasteiger charge is -2.07. The van der Waals surface area contributed by atoms with Gasteiger partial charge in [0, 0.05) is 17.1 Å². The van der Waals surface area contributed by atoms with Gasteiger partial charge in [-0.2, -0.15) is 5.48 Å². The molecule has 0 aromatic heterocycles. The van der Waals surface area contributed by atoms with Gasteiger partial charge in [-0.3, -0.25) is 4.84 Å². The minimum Gasteiger partial charge on any atom is -0.297 e. The minimum absolute atomic E-state index is 0.301. The number of halogens is 2. The molecule has 0 heterocycles. The van der Waals surface area contributed by atoms with Gasteiger partial charge in [0.15, 0.2) is 0 Å². The van der Waals surface area contributed by atoms with Gasteiger partial charge < -0.3 is 0 Å². The summed E-state index contributed by atoms with van der Waals surface area (Å²) in [6, 6.07) is 14.3. The molecule has 0 aliphatic heterocycles. The molecule has 0 aliphatic rings. The maximum absolute atomic E-state index is 13.4. The van der Waals surface area contributed by atoms with Crippen LogP contribution in [0.25, 0.3) is 0 Å². The van der Waals surface area contributed by atoms with Crippen LogP contribution in [0.4, 0.5) is 4.39 Å². The highest BCUT2D eigenvalue weighted by Gasteiger charge is 2.02. The van der Waals surface area contributed by atoms with E-state index >= 15 is 0 Å². The van der Waals surface area contributed by atoms with E-state index in [1.165, 1.54) is 6.07 Å². The lowest BCUT2D eigenvalue weighted by atomic mass is 10.2. The number of hydrogen-bond donors (Lipinski definition) is 1. The first kappa shape index (κ1) is 13.0. The van der Waals surface area contributed by atoms with Crippen molar-refractivity contribution < 1.29 is 9.23 Å². The van der Waals surface area contributed by atoms with Crippen molar-refractivity contribution in [3.63, 3.8) is 0 Å². The summed E-state index contributed by atoms with van der Waals surface area (Å²) < 4.78 is 13.4. The molecular weight excluding hydrogens is 253 g/mol. The maximum atomic E-state index is 13.4. The Bertz CT molecular complexity index is 504. The summed E-state index contributed by atoms with van der Waals surface area (Å²) in [6.07, 6.45) is 0. The van der Waals surface area contributed by atoms with Gasteiger partial charge in [-0.05, 0) is 17.7 Å². The molecule has 4 heteroatoms. The highest BCUT2D eigenvalue weighted by atomic mass is 35.5. The predicted molar refractivity (Wildman–Crippen MR) is 69.5 cm³/mol. The zero-order valence-electron chi connectivity index (χ0n) is 9.70. The summed E-state index contributed by atoms with van der Waals surface area (Å²) in [6.45, 7) is 0.742. The van der Waals surface area contributed by atoms with E-state index in [0.29, 0.717) is 23.7 Å². The van der Waals surface area contributed by atoms with Crippen molar-refractivity contribution >= 4 is 11.6 Å². The van der Waals surface area contributed by atoms with Gasteiger partial charge in [0.05, 0.1) is 6.61 Å². The molecule has 0 spiro atoms. The summed E-state index contributed by atoms with van der Waals surface area (Å²) in [5, 5.41) is 0.390. The van der Waals surface area contributed by atoms with Crippen LogP contribution in [0, 0.1) is 5.82 Å². The molecule has 2 rings (SSSR count). The van der Waals surface area contributed by atoms with Crippen molar-refractivity contribution in [3.8, 4) is 0 Å². The molecule has 1 N–H and O–H groups in total. The summed E-state index contributed by atoms with van der Waals surface area (Å²) in [5.74, 6) is -0.335. The monoisotopic (exact) mass is 265 g/mol. The maximum Gasteiger partial charge on any atom is 0.129 e. The lowest BCUT2D eigenvalue weighted by molar-refractivity contribution is 0.0230. The van der Waals surface area contributed by atoms with Gasteiger partial charge in [0.1, 0.15) is 5.82 Å². The third-order valence-electron chi connectivity index (χ3n) is 2.46. The fraction of sp³-hybridized carbons (Fsp3) is 0.143. The second-order valence-electron chi connectivity index (χ2n) is 3.83. The van der Waals surface area contributed by atoms with Crippen molar-refractivity contribution in [2.24, 2.45) is 0 Å². The van der Waals surface area contributed by atoms with Crippen LogP contribution in [0.3, 0.4) is 0 Å². The SMILES string of the molecule is Fc1cc(Cl)ccc1CNOCc1ccccc1. The molecule has 0 atom stereocenters. The Balaban J connectivity index is 1.79. The van der Waals surface area contributed by atoms with Gasteiger partial charge >= 0.3 is 0 Å². The first-order valence-electron chi connectivity index (χ1n) is 5.58. The van der Waals surface area contributed by atoms with Crippen molar-refractivity contribution in [1.82, 2.24) is 5.48 Å². The molecule has 0 bridgehead atoms. The third kappa shape index (κ3) is 3.81. The number of hydroxylamine groups is 1. The smallest absolute Gasteiger partial charge is 0.129 e. The van der Waals surface area contributed by atoms with Gasteiger partial charge in [-0.1, -0.05) is 48.0 Å². The molecule has 2 aromatic rings. The second kappa shape index (κ2) is 6.50. The highest BCUT2D eigenvalue weighted by Crippen LogP contribution is 2.14. The van der Waals surface area contributed by atoms with Crippen LogP contribution in [0.15, 0.2) is 48.5 Å². The van der Waals surface area contributed by atoms with Gasteiger partial charge in [0.25, 0.3) is 0 Å². The van der Waals surface area contributed by atoms with Gasteiger partial charge in [0.2, 0.25) is 0 Å². The largest absolute Gasteiger partial charge is 0.297 e. The number of rotatable bonds is 5. The van der Waals surface area contributed by atoms with Crippen molar-refractivity contribution in [1.29, 1.82) is 0 Å². The van der Waals surface area contributed by atoms with E-state index < -0.39 is 0 Å². The Kier molecular flexibility index (Phi) is 4.70. The van der Waals surface area contributed by atoms with Crippen molar-refractivity contribution in [2.75, 3.05) is 0 Å². The Labute approximate surface area is 110 Å². The second-order valence-corrected chi connectivity index (χ2v) is 4.27. The molecule has 0 unspecified atom stereocenters. The van der Waals surface area contributed by atoms with Crippen LogP contribution in [0.5, 0.6) is 0 Å². The van der Waals surface area contributed by atoms with Gasteiger partial charge in [-0.25, -0.2) is 4.39 Å². The Hall–Kier alpha value is -1.42. The van der Waals surface area contributed by atoms with E-state index in [2.05, 4.69) is 5.48 Å². The quantitative estimate of drug-likeness (QED) is 0.657. The Morgan fingerprint density at radius 3 is 2.61 bits per heavy atom. The minimum atomic E-state index is -0.335. The van der Waals surface area contributed by atoms with Crippen LogP contribution in [0.1, 0.15) is 11.1 Å². The molecule has 0 saturated heterocycles. The normalized spacial score (nSPS) is 10.6. The van der Waals surface area contributed by atoms with Gasteiger partial charge in [-0.15, -0.1) is 0 Å². The molecule has 0 saturated carbocycles. The van der Waals surface area contributed by atoms with Crippen molar-refractivity contribution in [2.45, 2.75) is 13.2 Å². The van der Waals surface area contributed by atoms with Crippen molar-refractivity contribution in [3.05, 3.63) is 70.5 Å². The molecule has 0 fully saturated rings. The van der Waals surface area contributed by atoms with Crippen LogP contribution in [-0.4, -0.2) is 0 Å². The molecule has 0 aliphatic carbocycles. The van der Waals surface area contributed by atoms with E-state index in [0.717, 1.165) is 5.56 Å². The zero-order chi connectivity index (χ0) is 12.8. The predicted octanol–water partition coefficient (Wildman–Crippen LogP) is 3.70.